The molecule has 0 fully saturated rings. The van der Waals surface area contributed by atoms with E-state index in [0.717, 1.165) is 37.2 Å². The molecule has 0 unspecified atom stereocenters. The highest BCUT2D eigenvalue weighted by molar-refractivity contribution is 4.93. The summed E-state index contributed by atoms with van der Waals surface area (Å²) in [5, 5.41) is 6.91. The number of nitrogens with one attached hydrogen (secondary N) is 2. The second-order valence-corrected chi connectivity index (χ2v) is 7.19. The van der Waals surface area contributed by atoms with Gasteiger partial charge in [0.1, 0.15) is 0 Å². The smallest absolute Gasteiger partial charge is 0.0347 e. The molecule has 0 rings (SSSR count). The minimum atomic E-state index is 0.845. The van der Waals surface area contributed by atoms with Gasteiger partial charge in [-0.1, -0.05) is 72.8 Å². The van der Waals surface area contributed by atoms with E-state index < -0.39 is 0 Å². The fourth-order valence-electron chi connectivity index (χ4n) is 2.40. The van der Waals surface area contributed by atoms with Crippen LogP contribution in [0.15, 0.2) is 12.3 Å². The first-order valence-corrected chi connectivity index (χ1v) is 9.14. The van der Waals surface area contributed by atoms with Crippen LogP contribution >= 0.6 is 0 Å². The van der Waals surface area contributed by atoms with E-state index in [2.05, 4.69) is 44.9 Å². The number of unbranched alkanes of at least 4 members (excludes halogenated alkanes) is 4. The second-order valence-electron chi connectivity index (χ2n) is 7.19. The highest BCUT2D eigenvalue weighted by Gasteiger charge is 1.97. The first kappa shape index (κ1) is 20.5. The Morgan fingerprint density at radius 2 is 1.29 bits per heavy atom. The third-order valence-electron chi connectivity index (χ3n) is 3.81. The van der Waals surface area contributed by atoms with Crippen molar-refractivity contribution < 1.29 is 0 Å². The summed E-state index contributed by atoms with van der Waals surface area (Å²) in [5.74, 6) is 1.69. The Kier molecular flexibility index (Phi) is 14.1. The van der Waals surface area contributed by atoms with Crippen molar-refractivity contribution >= 4 is 0 Å². The van der Waals surface area contributed by atoms with Crippen LogP contribution in [0.1, 0.15) is 79.1 Å². The van der Waals surface area contributed by atoms with Crippen molar-refractivity contribution in [3.63, 3.8) is 0 Å². The van der Waals surface area contributed by atoms with Crippen LogP contribution in [0, 0.1) is 11.8 Å². The quantitative estimate of drug-likeness (QED) is 0.410. The average Bonchev–Trinajstić information content (AvgIpc) is 2.41. The molecule has 0 atom stereocenters. The molecular formula is C19H40N2. The summed E-state index contributed by atoms with van der Waals surface area (Å²) in [6.07, 6.45) is 10.7. The van der Waals surface area contributed by atoms with Gasteiger partial charge in [-0.2, -0.15) is 0 Å². The number of hydrogen-bond donors (Lipinski definition) is 2. The Bertz CT molecular complexity index is 234. The standard InChI is InChI=1S/C19H40N2/c1-17(2)12-8-6-10-14-20-16-19(5)21-15-11-7-9-13-18(3)4/h17-18,20-21H,5-16H2,1-4H3. The van der Waals surface area contributed by atoms with Gasteiger partial charge in [0.25, 0.3) is 0 Å². The van der Waals surface area contributed by atoms with E-state index >= 15 is 0 Å². The number of rotatable bonds is 15. The van der Waals surface area contributed by atoms with Gasteiger partial charge in [0.05, 0.1) is 0 Å². The fourth-order valence-corrected chi connectivity index (χ4v) is 2.40. The molecule has 0 aromatic rings. The Hall–Kier alpha value is -0.500. The molecule has 2 nitrogen and oxygen atoms in total. The van der Waals surface area contributed by atoms with E-state index in [4.69, 9.17) is 0 Å². The minimum Gasteiger partial charge on any atom is -0.388 e. The maximum Gasteiger partial charge on any atom is 0.0347 e. The minimum absolute atomic E-state index is 0.845. The summed E-state index contributed by atoms with van der Waals surface area (Å²) in [7, 11) is 0. The lowest BCUT2D eigenvalue weighted by Gasteiger charge is -2.11. The summed E-state index contributed by atoms with van der Waals surface area (Å²) in [6, 6.07) is 0. The molecule has 0 bridgehead atoms. The molecule has 2 heteroatoms. The van der Waals surface area contributed by atoms with Crippen LogP contribution < -0.4 is 10.6 Å². The summed E-state index contributed by atoms with van der Waals surface area (Å²) in [4.78, 5) is 0. The van der Waals surface area contributed by atoms with Gasteiger partial charge in [-0.25, -0.2) is 0 Å². The van der Waals surface area contributed by atoms with Crippen molar-refractivity contribution in [3.8, 4) is 0 Å². The number of hydrogen-bond acceptors (Lipinski definition) is 2. The second kappa shape index (κ2) is 14.4. The summed E-state index contributed by atoms with van der Waals surface area (Å²) >= 11 is 0. The van der Waals surface area contributed by atoms with Gasteiger partial charge in [-0.05, 0) is 31.2 Å². The summed E-state index contributed by atoms with van der Waals surface area (Å²) in [5.41, 5.74) is 1.14. The Labute approximate surface area is 134 Å². The third kappa shape index (κ3) is 17.4. The summed E-state index contributed by atoms with van der Waals surface area (Å²) < 4.78 is 0. The van der Waals surface area contributed by atoms with Crippen molar-refractivity contribution in [1.82, 2.24) is 10.6 Å². The van der Waals surface area contributed by atoms with E-state index in [-0.39, 0.29) is 0 Å². The van der Waals surface area contributed by atoms with Crippen molar-refractivity contribution in [2.24, 2.45) is 11.8 Å². The molecule has 2 N–H and O–H groups in total. The molecule has 0 saturated carbocycles. The predicted octanol–water partition coefficient (Wildman–Crippen LogP) is 5.11. The molecule has 0 heterocycles. The molecule has 0 radical (unpaired) electrons. The van der Waals surface area contributed by atoms with Crippen LogP contribution in [0.2, 0.25) is 0 Å². The zero-order chi connectivity index (χ0) is 15.9. The first-order valence-electron chi connectivity index (χ1n) is 9.14. The van der Waals surface area contributed by atoms with Crippen molar-refractivity contribution in [2.45, 2.75) is 79.1 Å². The lowest BCUT2D eigenvalue weighted by Crippen LogP contribution is -2.26. The lowest BCUT2D eigenvalue weighted by molar-refractivity contribution is 0.514. The predicted molar refractivity (Wildman–Crippen MR) is 96.6 cm³/mol. The molecule has 0 aliphatic carbocycles. The molecule has 0 amide bonds. The molecule has 0 aliphatic rings. The molecule has 0 saturated heterocycles. The topological polar surface area (TPSA) is 24.1 Å². The molecular weight excluding hydrogens is 256 g/mol. The van der Waals surface area contributed by atoms with Crippen LogP contribution in [-0.2, 0) is 0 Å². The van der Waals surface area contributed by atoms with Crippen molar-refractivity contribution in [3.05, 3.63) is 12.3 Å². The first-order chi connectivity index (χ1) is 10.0. The SMILES string of the molecule is C=C(CNCCCCCC(C)C)NCCCCCC(C)C. The monoisotopic (exact) mass is 296 g/mol. The molecule has 0 aromatic carbocycles. The van der Waals surface area contributed by atoms with Gasteiger partial charge in [0.15, 0.2) is 0 Å². The average molecular weight is 297 g/mol. The van der Waals surface area contributed by atoms with E-state index in [9.17, 15) is 0 Å². The Morgan fingerprint density at radius 1 is 0.762 bits per heavy atom. The van der Waals surface area contributed by atoms with Crippen LogP contribution in [0.5, 0.6) is 0 Å². The van der Waals surface area contributed by atoms with Crippen molar-refractivity contribution in [2.75, 3.05) is 19.6 Å². The van der Waals surface area contributed by atoms with Gasteiger partial charge in [0, 0.05) is 18.8 Å². The maximum atomic E-state index is 4.08. The van der Waals surface area contributed by atoms with Gasteiger partial charge in [-0.15, -0.1) is 0 Å². The van der Waals surface area contributed by atoms with E-state index in [0.29, 0.717) is 0 Å². The van der Waals surface area contributed by atoms with E-state index in [1.165, 1.54) is 51.4 Å². The molecule has 0 aromatic heterocycles. The maximum absolute atomic E-state index is 4.08. The summed E-state index contributed by atoms with van der Waals surface area (Å²) in [6.45, 7) is 16.4. The Balaban J connectivity index is 3.20. The van der Waals surface area contributed by atoms with Gasteiger partial charge < -0.3 is 10.6 Å². The van der Waals surface area contributed by atoms with Gasteiger partial charge in [0.2, 0.25) is 0 Å². The Morgan fingerprint density at radius 3 is 1.81 bits per heavy atom. The van der Waals surface area contributed by atoms with Gasteiger partial charge in [-0.3, -0.25) is 0 Å². The normalized spacial score (nSPS) is 11.3. The molecule has 21 heavy (non-hydrogen) atoms. The lowest BCUT2D eigenvalue weighted by atomic mass is 10.1. The largest absolute Gasteiger partial charge is 0.388 e. The van der Waals surface area contributed by atoms with E-state index in [1.807, 2.05) is 0 Å². The van der Waals surface area contributed by atoms with Crippen LogP contribution in [0.25, 0.3) is 0 Å². The van der Waals surface area contributed by atoms with Crippen LogP contribution in [-0.4, -0.2) is 19.6 Å². The molecule has 126 valence electrons. The molecule has 0 aliphatic heterocycles. The van der Waals surface area contributed by atoms with Gasteiger partial charge >= 0.3 is 0 Å². The third-order valence-corrected chi connectivity index (χ3v) is 3.81. The highest BCUT2D eigenvalue weighted by atomic mass is 14.9. The van der Waals surface area contributed by atoms with E-state index in [1.54, 1.807) is 0 Å². The zero-order valence-corrected chi connectivity index (χ0v) is 15.1. The van der Waals surface area contributed by atoms with Crippen molar-refractivity contribution in [1.29, 1.82) is 0 Å². The fraction of sp³-hybridized carbons (Fsp3) is 0.895. The molecule has 0 spiro atoms. The zero-order valence-electron chi connectivity index (χ0n) is 15.1. The van der Waals surface area contributed by atoms with Crippen LogP contribution in [0.3, 0.4) is 0 Å². The highest BCUT2D eigenvalue weighted by Crippen LogP contribution is 2.08. The van der Waals surface area contributed by atoms with Crippen LogP contribution in [0.4, 0.5) is 0 Å².